The molecule has 0 aromatic carbocycles. The third-order valence-electron chi connectivity index (χ3n) is 12.8. The molecule has 0 radical (unpaired) electrons. The standard InChI is InChI=1S/C48H93NO13/c1-3-5-7-9-11-13-15-17-18-20-22-24-26-28-30-32-40(53)49-36(37(52)31-29-27-25-23-21-19-16-14-12-10-8-6-4-2)35-59-47-45(58)43(56)46(39(34-51)61-47)62-48-44(57)42(55)41(54)38(33-50)60-48/h36-39,41-48,50-52,54-58H,3-35H2,1-2H3,(H,49,53)/t36?,37?,38?,39?,41-,42+,43-,44?,45?,46+,47+,48-/m0/s1. The maximum absolute atomic E-state index is 13.2. The zero-order valence-electron chi connectivity index (χ0n) is 38.9. The Kier molecular flexibility index (Phi) is 33.3. The van der Waals surface area contributed by atoms with E-state index >= 15 is 0 Å². The van der Waals surface area contributed by atoms with Gasteiger partial charge in [-0.15, -0.1) is 0 Å². The smallest absolute Gasteiger partial charge is 0.220 e. The number of carbonyl (C=O) groups excluding carboxylic acids is 1. The molecule has 2 heterocycles. The van der Waals surface area contributed by atoms with Gasteiger partial charge in [-0.3, -0.25) is 4.79 Å². The van der Waals surface area contributed by atoms with E-state index in [1.54, 1.807) is 0 Å². The van der Waals surface area contributed by atoms with E-state index in [0.29, 0.717) is 12.8 Å². The normalized spacial score (nSPS) is 27.6. The van der Waals surface area contributed by atoms with Crippen molar-refractivity contribution in [2.45, 2.75) is 280 Å². The molecule has 2 saturated heterocycles. The van der Waals surface area contributed by atoms with Crippen molar-refractivity contribution in [3.05, 3.63) is 0 Å². The number of rotatable bonds is 39. The van der Waals surface area contributed by atoms with Gasteiger partial charge in [-0.25, -0.2) is 0 Å². The van der Waals surface area contributed by atoms with E-state index in [-0.39, 0.29) is 12.5 Å². The first-order valence-corrected chi connectivity index (χ1v) is 25.3. The Hall–Kier alpha value is -1.01. The van der Waals surface area contributed by atoms with E-state index in [1.807, 2.05) is 0 Å². The summed E-state index contributed by atoms with van der Waals surface area (Å²) in [5.41, 5.74) is 0. The van der Waals surface area contributed by atoms with Crippen molar-refractivity contribution < 1.29 is 64.6 Å². The van der Waals surface area contributed by atoms with Crippen LogP contribution < -0.4 is 5.32 Å². The third-order valence-corrected chi connectivity index (χ3v) is 12.8. The molecule has 12 atom stereocenters. The molecule has 62 heavy (non-hydrogen) atoms. The Labute approximate surface area is 374 Å². The maximum atomic E-state index is 13.2. The van der Waals surface area contributed by atoms with Crippen LogP contribution in [0.15, 0.2) is 0 Å². The van der Waals surface area contributed by atoms with Gasteiger partial charge in [0, 0.05) is 6.42 Å². The molecule has 1 amide bonds. The number of aliphatic hydroxyl groups excluding tert-OH is 8. The minimum atomic E-state index is -1.78. The second-order valence-corrected chi connectivity index (χ2v) is 18.3. The van der Waals surface area contributed by atoms with Gasteiger partial charge >= 0.3 is 0 Å². The van der Waals surface area contributed by atoms with E-state index in [2.05, 4.69) is 19.2 Å². The van der Waals surface area contributed by atoms with Crippen LogP contribution in [0.5, 0.6) is 0 Å². The van der Waals surface area contributed by atoms with Crippen molar-refractivity contribution in [3.8, 4) is 0 Å². The Morgan fingerprint density at radius 3 is 1.37 bits per heavy atom. The van der Waals surface area contributed by atoms with Gasteiger partial charge in [0.05, 0.1) is 32.0 Å². The number of hydrogen-bond acceptors (Lipinski definition) is 13. The van der Waals surface area contributed by atoms with Crippen molar-refractivity contribution in [1.82, 2.24) is 5.32 Å². The van der Waals surface area contributed by atoms with E-state index in [4.69, 9.17) is 18.9 Å². The predicted octanol–water partition coefficient (Wildman–Crippen LogP) is 6.22. The van der Waals surface area contributed by atoms with Crippen LogP contribution in [0.25, 0.3) is 0 Å². The SMILES string of the molecule is CCCCCCCCCCCCCCCCCC(=O)NC(CO[C@@H]1OC(CO)[C@@H](O[C@@H]2OC(CO)[C@H](O)[C@@H](O)C2O)[C@@H](O)C1O)C(O)CCCCCCCCCCCCCCC. The summed E-state index contributed by atoms with van der Waals surface area (Å²) in [5, 5.41) is 86.8. The lowest BCUT2D eigenvalue weighted by Crippen LogP contribution is -2.65. The molecule has 0 spiro atoms. The monoisotopic (exact) mass is 892 g/mol. The van der Waals surface area contributed by atoms with Crippen LogP contribution >= 0.6 is 0 Å². The summed E-state index contributed by atoms with van der Waals surface area (Å²) in [6.07, 6.45) is 18.1. The number of ether oxygens (including phenoxy) is 4. The molecule has 2 fully saturated rings. The minimum Gasteiger partial charge on any atom is -0.394 e. The Bertz CT molecular complexity index is 1060. The molecular weight excluding hydrogens is 799 g/mol. The van der Waals surface area contributed by atoms with Gasteiger partial charge in [0.25, 0.3) is 0 Å². The van der Waals surface area contributed by atoms with Gasteiger partial charge in [0.2, 0.25) is 5.91 Å². The van der Waals surface area contributed by atoms with E-state index in [9.17, 15) is 45.6 Å². The van der Waals surface area contributed by atoms with Crippen LogP contribution in [-0.2, 0) is 23.7 Å². The third kappa shape index (κ3) is 23.4. The number of carbonyl (C=O) groups is 1. The number of amides is 1. The van der Waals surface area contributed by atoms with Crippen LogP contribution in [0.1, 0.15) is 206 Å². The van der Waals surface area contributed by atoms with E-state index < -0.39 is 86.8 Å². The summed E-state index contributed by atoms with van der Waals surface area (Å²) >= 11 is 0. The first-order chi connectivity index (χ1) is 30.1. The van der Waals surface area contributed by atoms with Gasteiger partial charge in [-0.1, -0.05) is 187 Å². The van der Waals surface area contributed by atoms with E-state index in [0.717, 1.165) is 51.4 Å². The highest BCUT2D eigenvalue weighted by molar-refractivity contribution is 5.76. The molecule has 0 aromatic rings. The molecule has 0 bridgehead atoms. The average Bonchev–Trinajstić information content (AvgIpc) is 3.27. The van der Waals surface area contributed by atoms with Gasteiger partial charge in [0.15, 0.2) is 12.6 Å². The van der Waals surface area contributed by atoms with Crippen molar-refractivity contribution >= 4 is 5.91 Å². The predicted molar refractivity (Wildman–Crippen MR) is 240 cm³/mol. The lowest BCUT2D eigenvalue weighted by atomic mass is 9.97. The summed E-state index contributed by atoms with van der Waals surface area (Å²) in [6.45, 7) is 2.85. The first kappa shape index (κ1) is 57.1. The molecule has 14 nitrogen and oxygen atoms in total. The Morgan fingerprint density at radius 2 is 0.919 bits per heavy atom. The average molecular weight is 892 g/mol. The quantitative estimate of drug-likeness (QED) is 0.0313. The number of aliphatic hydroxyl groups is 8. The lowest BCUT2D eigenvalue weighted by molar-refractivity contribution is -0.359. The summed E-state index contributed by atoms with van der Waals surface area (Å²) in [5.74, 6) is -0.205. The molecule has 0 aliphatic carbocycles. The van der Waals surface area contributed by atoms with Crippen molar-refractivity contribution in [1.29, 1.82) is 0 Å². The largest absolute Gasteiger partial charge is 0.394 e. The highest BCUT2D eigenvalue weighted by atomic mass is 16.7. The molecule has 0 aromatic heterocycles. The fourth-order valence-corrected chi connectivity index (χ4v) is 8.65. The second-order valence-electron chi connectivity index (χ2n) is 18.3. The van der Waals surface area contributed by atoms with Crippen LogP contribution in [0.4, 0.5) is 0 Å². The summed E-state index contributed by atoms with van der Waals surface area (Å²) in [4.78, 5) is 13.2. The van der Waals surface area contributed by atoms with Crippen molar-refractivity contribution in [2.75, 3.05) is 19.8 Å². The zero-order chi connectivity index (χ0) is 45.4. The van der Waals surface area contributed by atoms with Crippen LogP contribution in [0.2, 0.25) is 0 Å². The zero-order valence-corrected chi connectivity index (χ0v) is 38.9. The molecule has 2 aliphatic rings. The lowest BCUT2D eigenvalue weighted by Gasteiger charge is -2.46. The van der Waals surface area contributed by atoms with Gasteiger partial charge in [0.1, 0.15) is 48.8 Å². The van der Waals surface area contributed by atoms with Crippen LogP contribution in [0, 0.1) is 0 Å². The topological polar surface area (TPSA) is 228 Å². The molecule has 6 unspecified atom stereocenters. The highest BCUT2D eigenvalue weighted by Crippen LogP contribution is 2.30. The van der Waals surface area contributed by atoms with Gasteiger partial charge < -0.3 is 65.1 Å². The molecular formula is C48H93NO13. The summed E-state index contributed by atoms with van der Waals surface area (Å²) in [6, 6.07) is -0.820. The second kappa shape index (κ2) is 36.2. The first-order valence-electron chi connectivity index (χ1n) is 25.3. The summed E-state index contributed by atoms with van der Waals surface area (Å²) in [7, 11) is 0. The Morgan fingerprint density at radius 1 is 0.516 bits per heavy atom. The van der Waals surface area contributed by atoms with Crippen molar-refractivity contribution in [2.24, 2.45) is 0 Å². The van der Waals surface area contributed by atoms with Crippen molar-refractivity contribution in [3.63, 3.8) is 0 Å². The fourth-order valence-electron chi connectivity index (χ4n) is 8.65. The molecule has 2 aliphatic heterocycles. The molecule has 2 rings (SSSR count). The maximum Gasteiger partial charge on any atom is 0.220 e. The molecule has 9 N–H and O–H groups in total. The van der Waals surface area contributed by atoms with E-state index in [1.165, 1.54) is 128 Å². The molecule has 0 saturated carbocycles. The number of unbranched alkanes of at least 4 members (excludes halogenated alkanes) is 26. The number of nitrogens with one attached hydrogen (secondary N) is 1. The van der Waals surface area contributed by atoms with Gasteiger partial charge in [-0.2, -0.15) is 0 Å². The van der Waals surface area contributed by atoms with Gasteiger partial charge in [-0.05, 0) is 12.8 Å². The van der Waals surface area contributed by atoms with Crippen LogP contribution in [-0.4, -0.2) is 140 Å². The van der Waals surface area contributed by atoms with Crippen LogP contribution in [0.3, 0.4) is 0 Å². The Balaban J connectivity index is 1.84. The molecule has 368 valence electrons. The fraction of sp³-hybridized carbons (Fsp3) is 0.979. The molecule has 14 heteroatoms. The number of hydrogen-bond donors (Lipinski definition) is 9. The summed E-state index contributed by atoms with van der Waals surface area (Å²) < 4.78 is 22.7. The highest BCUT2D eigenvalue weighted by Gasteiger charge is 2.51. The minimum absolute atomic E-state index is 0.205.